The van der Waals surface area contributed by atoms with Crippen molar-refractivity contribution in [2.75, 3.05) is 6.61 Å². The molecule has 2 aromatic carbocycles. The number of benzene rings is 2. The van der Waals surface area contributed by atoms with Crippen LogP contribution in [0.15, 0.2) is 48.5 Å². The molecule has 0 aromatic heterocycles. The van der Waals surface area contributed by atoms with Gasteiger partial charge in [-0.2, -0.15) is 0 Å². The van der Waals surface area contributed by atoms with E-state index in [1.54, 1.807) is 30.3 Å². The third kappa shape index (κ3) is 3.08. The molecule has 2 nitrogen and oxygen atoms in total. The van der Waals surface area contributed by atoms with E-state index in [4.69, 9.17) is 0 Å². The fourth-order valence-electron chi connectivity index (χ4n) is 2.02. The molecule has 0 radical (unpaired) electrons. The zero-order valence-electron chi connectivity index (χ0n) is 9.88. The summed E-state index contributed by atoms with van der Waals surface area (Å²) in [5.41, 5.74) is 1.68. The van der Waals surface area contributed by atoms with Crippen LogP contribution >= 0.6 is 0 Å². The summed E-state index contributed by atoms with van der Waals surface area (Å²) in [6.07, 6.45) is 0.564. The molecule has 0 heterocycles. The minimum atomic E-state index is -0.304. The van der Waals surface area contributed by atoms with Crippen LogP contribution < -0.4 is 0 Å². The number of aliphatic hydroxyl groups is 1. The Balaban J connectivity index is 2.19. The van der Waals surface area contributed by atoms with E-state index in [1.807, 2.05) is 6.07 Å². The van der Waals surface area contributed by atoms with Crippen molar-refractivity contribution in [1.29, 1.82) is 0 Å². The maximum absolute atomic E-state index is 13.1. The average Bonchev–Trinajstić information content (AvgIpc) is 2.36. The molecule has 0 aliphatic carbocycles. The van der Waals surface area contributed by atoms with Crippen molar-refractivity contribution in [3.63, 3.8) is 0 Å². The molecule has 0 saturated carbocycles. The zero-order valence-corrected chi connectivity index (χ0v) is 9.88. The molecule has 0 spiro atoms. The zero-order chi connectivity index (χ0) is 13.0. The van der Waals surface area contributed by atoms with Gasteiger partial charge in [-0.05, 0) is 41.8 Å². The first-order valence-electron chi connectivity index (χ1n) is 5.83. The Kier molecular flexibility index (Phi) is 3.95. The molecule has 94 valence electrons. The molecule has 0 aliphatic heterocycles. The first kappa shape index (κ1) is 12.6. The number of aromatic hydroxyl groups is 1. The van der Waals surface area contributed by atoms with Crippen LogP contribution in [-0.4, -0.2) is 16.8 Å². The monoisotopic (exact) mass is 246 g/mol. The molecule has 2 rings (SSSR count). The summed E-state index contributed by atoms with van der Waals surface area (Å²) in [5, 5.41) is 18.8. The maximum Gasteiger partial charge on any atom is 0.123 e. The van der Waals surface area contributed by atoms with Crippen molar-refractivity contribution in [1.82, 2.24) is 0 Å². The summed E-state index contributed by atoms with van der Waals surface area (Å²) in [5.74, 6) is -0.271. The van der Waals surface area contributed by atoms with Crippen LogP contribution in [0.2, 0.25) is 0 Å². The van der Waals surface area contributed by atoms with Gasteiger partial charge in [0.05, 0.1) is 6.61 Å². The highest BCUT2D eigenvalue weighted by Crippen LogP contribution is 2.23. The Bertz CT molecular complexity index is 525. The Morgan fingerprint density at radius 1 is 1.06 bits per heavy atom. The summed E-state index contributed by atoms with van der Waals surface area (Å²) >= 11 is 0. The molecule has 1 unspecified atom stereocenters. The Morgan fingerprint density at radius 3 is 2.50 bits per heavy atom. The standard InChI is InChI=1S/C15H15FO2/c16-14-5-2-4-12(9-14)13(10-17)7-11-3-1-6-15(18)8-11/h1-6,8-9,13,17-18H,7,10H2. The minimum absolute atomic E-state index is 0.0564. The smallest absolute Gasteiger partial charge is 0.123 e. The second-order valence-electron chi connectivity index (χ2n) is 4.31. The van der Waals surface area contributed by atoms with Crippen molar-refractivity contribution in [2.24, 2.45) is 0 Å². The fraction of sp³-hybridized carbons (Fsp3) is 0.200. The predicted octanol–water partition coefficient (Wildman–Crippen LogP) is 2.85. The van der Waals surface area contributed by atoms with Gasteiger partial charge in [-0.25, -0.2) is 4.39 Å². The van der Waals surface area contributed by atoms with Crippen molar-refractivity contribution in [2.45, 2.75) is 12.3 Å². The van der Waals surface area contributed by atoms with E-state index in [0.717, 1.165) is 11.1 Å². The van der Waals surface area contributed by atoms with Crippen LogP contribution in [0, 0.1) is 5.82 Å². The average molecular weight is 246 g/mol. The van der Waals surface area contributed by atoms with Gasteiger partial charge in [0.1, 0.15) is 11.6 Å². The van der Waals surface area contributed by atoms with Crippen LogP contribution in [0.5, 0.6) is 5.75 Å². The van der Waals surface area contributed by atoms with Crippen LogP contribution in [0.25, 0.3) is 0 Å². The molecule has 0 amide bonds. The van der Waals surface area contributed by atoms with Gasteiger partial charge in [-0.3, -0.25) is 0 Å². The Hall–Kier alpha value is -1.87. The van der Waals surface area contributed by atoms with E-state index < -0.39 is 0 Å². The van der Waals surface area contributed by atoms with Crippen LogP contribution in [0.1, 0.15) is 17.0 Å². The van der Waals surface area contributed by atoms with Gasteiger partial charge in [-0.1, -0.05) is 24.3 Å². The quantitative estimate of drug-likeness (QED) is 0.870. The number of halogens is 1. The lowest BCUT2D eigenvalue weighted by molar-refractivity contribution is 0.264. The third-order valence-corrected chi connectivity index (χ3v) is 2.93. The summed E-state index contributed by atoms with van der Waals surface area (Å²) in [7, 11) is 0. The van der Waals surface area contributed by atoms with Crippen LogP contribution in [-0.2, 0) is 6.42 Å². The fourth-order valence-corrected chi connectivity index (χ4v) is 2.02. The Labute approximate surface area is 105 Å². The van der Waals surface area contributed by atoms with Gasteiger partial charge >= 0.3 is 0 Å². The maximum atomic E-state index is 13.1. The van der Waals surface area contributed by atoms with Gasteiger partial charge in [0.2, 0.25) is 0 Å². The van der Waals surface area contributed by atoms with Gasteiger partial charge in [0.15, 0.2) is 0 Å². The van der Waals surface area contributed by atoms with E-state index in [2.05, 4.69) is 0 Å². The summed E-state index contributed by atoms with van der Waals surface area (Å²) < 4.78 is 13.1. The molecule has 2 aromatic rings. The first-order chi connectivity index (χ1) is 8.69. The highest BCUT2D eigenvalue weighted by Gasteiger charge is 2.12. The predicted molar refractivity (Wildman–Crippen MR) is 68.0 cm³/mol. The molecule has 0 bridgehead atoms. The summed E-state index contributed by atoms with van der Waals surface area (Å²) in [4.78, 5) is 0. The minimum Gasteiger partial charge on any atom is -0.508 e. The number of phenols is 1. The van der Waals surface area contributed by atoms with Crippen molar-refractivity contribution in [3.8, 4) is 5.75 Å². The number of phenolic OH excluding ortho intramolecular Hbond substituents is 1. The normalized spacial score (nSPS) is 12.3. The number of hydrogen-bond acceptors (Lipinski definition) is 2. The van der Waals surface area contributed by atoms with Crippen LogP contribution in [0.4, 0.5) is 4.39 Å². The molecular weight excluding hydrogens is 231 g/mol. The van der Waals surface area contributed by atoms with Gasteiger partial charge < -0.3 is 10.2 Å². The molecule has 0 aliphatic rings. The van der Waals surface area contributed by atoms with E-state index in [9.17, 15) is 14.6 Å². The molecule has 0 fully saturated rings. The lowest BCUT2D eigenvalue weighted by atomic mass is 9.92. The van der Waals surface area contributed by atoms with Crippen molar-refractivity contribution >= 4 is 0 Å². The van der Waals surface area contributed by atoms with Gasteiger partial charge in [0.25, 0.3) is 0 Å². The van der Waals surface area contributed by atoms with Gasteiger partial charge in [-0.15, -0.1) is 0 Å². The molecule has 0 saturated heterocycles. The molecular formula is C15H15FO2. The summed E-state index contributed by atoms with van der Waals surface area (Å²) in [6, 6.07) is 13.1. The van der Waals surface area contributed by atoms with Crippen LogP contribution in [0.3, 0.4) is 0 Å². The van der Waals surface area contributed by atoms with Gasteiger partial charge in [0, 0.05) is 5.92 Å². The number of hydrogen-bond donors (Lipinski definition) is 2. The second kappa shape index (κ2) is 5.65. The lowest BCUT2D eigenvalue weighted by Crippen LogP contribution is -2.08. The topological polar surface area (TPSA) is 40.5 Å². The highest BCUT2D eigenvalue weighted by atomic mass is 19.1. The largest absolute Gasteiger partial charge is 0.508 e. The second-order valence-corrected chi connectivity index (χ2v) is 4.31. The van der Waals surface area contributed by atoms with E-state index in [1.165, 1.54) is 12.1 Å². The molecule has 1 atom stereocenters. The number of rotatable bonds is 4. The van der Waals surface area contributed by atoms with E-state index in [0.29, 0.717) is 6.42 Å². The number of aliphatic hydroxyl groups excluding tert-OH is 1. The molecule has 18 heavy (non-hydrogen) atoms. The Morgan fingerprint density at radius 2 is 1.83 bits per heavy atom. The van der Waals surface area contributed by atoms with Crippen molar-refractivity contribution in [3.05, 3.63) is 65.5 Å². The SMILES string of the molecule is OCC(Cc1cccc(O)c1)c1cccc(F)c1. The molecule has 2 N–H and O–H groups in total. The summed E-state index contributed by atoms with van der Waals surface area (Å²) in [6.45, 7) is -0.0564. The highest BCUT2D eigenvalue weighted by molar-refractivity contribution is 5.30. The molecule has 3 heteroatoms. The first-order valence-corrected chi connectivity index (χ1v) is 5.83. The van der Waals surface area contributed by atoms with E-state index >= 15 is 0 Å². The van der Waals surface area contributed by atoms with Crippen molar-refractivity contribution < 1.29 is 14.6 Å². The van der Waals surface area contributed by atoms with E-state index in [-0.39, 0.29) is 24.1 Å². The third-order valence-electron chi connectivity index (χ3n) is 2.93. The lowest BCUT2D eigenvalue weighted by Gasteiger charge is -2.15.